The lowest BCUT2D eigenvalue weighted by Crippen LogP contribution is -2.47. The Morgan fingerprint density at radius 3 is 2.44 bits per heavy atom. The van der Waals surface area contributed by atoms with E-state index >= 15 is 0 Å². The van der Waals surface area contributed by atoms with Gasteiger partial charge < -0.3 is 14.5 Å². The van der Waals surface area contributed by atoms with E-state index in [0.29, 0.717) is 39.1 Å². The monoisotopic (exact) mass is 625 g/mol. The molecular weight excluding hydrogens is 586 g/mol. The Bertz CT molecular complexity index is 1280. The number of alkyl halides is 5. The molecule has 0 bridgehead atoms. The summed E-state index contributed by atoms with van der Waals surface area (Å²) >= 11 is 6.67. The summed E-state index contributed by atoms with van der Waals surface area (Å²) in [5.41, 5.74) is 2.36. The Morgan fingerprint density at radius 2 is 1.79 bits per heavy atom. The van der Waals surface area contributed by atoms with E-state index < -0.39 is 24.5 Å². The maximum absolute atomic E-state index is 14.2. The van der Waals surface area contributed by atoms with E-state index in [9.17, 15) is 22.4 Å². The number of nitrogens with zero attached hydrogens (tertiary/aromatic N) is 5. The van der Waals surface area contributed by atoms with Crippen molar-refractivity contribution in [1.82, 2.24) is 19.6 Å². The Morgan fingerprint density at radius 1 is 1.07 bits per heavy atom. The highest BCUT2D eigenvalue weighted by Crippen LogP contribution is 2.45. The first-order chi connectivity index (χ1) is 20.6. The van der Waals surface area contributed by atoms with E-state index in [-0.39, 0.29) is 35.5 Å². The predicted molar refractivity (Wildman–Crippen MR) is 158 cm³/mol. The predicted octanol–water partition coefficient (Wildman–Crippen LogP) is 6.26. The van der Waals surface area contributed by atoms with Crippen molar-refractivity contribution in [2.24, 2.45) is 0 Å². The van der Waals surface area contributed by atoms with Crippen LogP contribution in [0.5, 0.6) is 0 Å². The highest BCUT2D eigenvalue weighted by Gasteiger charge is 2.40. The summed E-state index contributed by atoms with van der Waals surface area (Å²) in [6.07, 6.45) is 1.19. The molecule has 0 spiro atoms. The van der Waals surface area contributed by atoms with Crippen LogP contribution >= 0.6 is 11.6 Å². The van der Waals surface area contributed by atoms with Crippen molar-refractivity contribution in [2.75, 3.05) is 57.3 Å². The van der Waals surface area contributed by atoms with Gasteiger partial charge in [0.25, 0.3) is 12.9 Å². The number of carbonyl (C=O) groups excluding carboxylic acids is 1. The first kappa shape index (κ1) is 31.6. The van der Waals surface area contributed by atoms with Gasteiger partial charge in [0.05, 0.1) is 30.8 Å². The lowest BCUT2D eigenvalue weighted by molar-refractivity contribution is 0.0511. The van der Waals surface area contributed by atoms with E-state index in [0.717, 1.165) is 42.8 Å². The molecule has 0 saturated carbocycles. The van der Waals surface area contributed by atoms with Gasteiger partial charge in [-0.2, -0.15) is 5.10 Å². The molecule has 1 aromatic carbocycles. The fraction of sp³-hybridized carbons (Fsp3) is 0.613. The number of aromatic nitrogens is 2. The SMILES string of the molecule is CCOC(=O)c1cnn(C2CCCN(C3=CC(Cl)CCC3(C)c3ccc(N4CCN(CC(F)F)CC4)cc3)C2)c1C(F)F. The van der Waals surface area contributed by atoms with Crippen molar-refractivity contribution in [2.45, 2.75) is 69.2 Å². The van der Waals surface area contributed by atoms with E-state index in [1.807, 2.05) is 0 Å². The van der Waals surface area contributed by atoms with Crippen LogP contribution in [-0.2, 0) is 10.2 Å². The fourth-order valence-corrected chi connectivity index (χ4v) is 7.01. The zero-order valence-corrected chi connectivity index (χ0v) is 25.5. The number of likely N-dealkylation sites (tertiary alicyclic amines) is 1. The molecule has 0 radical (unpaired) electrons. The molecule has 3 heterocycles. The molecule has 3 atom stereocenters. The summed E-state index contributed by atoms with van der Waals surface area (Å²) in [5, 5.41) is 4.11. The quantitative estimate of drug-likeness (QED) is 0.186. The minimum Gasteiger partial charge on any atom is -0.462 e. The van der Waals surface area contributed by atoms with Gasteiger partial charge in [0.15, 0.2) is 0 Å². The number of anilines is 1. The zero-order chi connectivity index (χ0) is 30.7. The molecule has 3 unspecified atom stereocenters. The number of carbonyl (C=O) groups is 1. The maximum Gasteiger partial charge on any atom is 0.341 e. The Labute approximate surface area is 255 Å². The summed E-state index contributed by atoms with van der Waals surface area (Å²) in [5.74, 6) is -0.789. The number of ether oxygens (including phenoxy) is 1. The van der Waals surface area contributed by atoms with Gasteiger partial charge in [-0.1, -0.05) is 12.1 Å². The highest BCUT2D eigenvalue weighted by atomic mass is 35.5. The van der Waals surface area contributed by atoms with Crippen molar-refractivity contribution in [3.8, 4) is 0 Å². The number of hydrogen-bond donors (Lipinski definition) is 0. The van der Waals surface area contributed by atoms with Crippen LogP contribution in [0.3, 0.4) is 0 Å². The van der Waals surface area contributed by atoms with E-state index in [4.69, 9.17) is 16.3 Å². The smallest absolute Gasteiger partial charge is 0.341 e. The average molecular weight is 626 g/mol. The topological polar surface area (TPSA) is 53.8 Å². The molecule has 2 saturated heterocycles. The van der Waals surface area contributed by atoms with Crippen LogP contribution in [0, 0.1) is 0 Å². The molecule has 1 aliphatic carbocycles. The van der Waals surface area contributed by atoms with Crippen molar-refractivity contribution in [1.29, 1.82) is 0 Å². The second-order valence-electron chi connectivity index (χ2n) is 11.8. The van der Waals surface area contributed by atoms with Gasteiger partial charge in [-0.15, -0.1) is 11.6 Å². The molecule has 3 aliphatic rings. The molecule has 2 aromatic rings. The molecule has 7 nitrogen and oxygen atoms in total. The first-order valence-corrected chi connectivity index (χ1v) is 15.5. The van der Waals surface area contributed by atoms with Crippen molar-refractivity contribution < 1.29 is 27.1 Å². The summed E-state index contributed by atoms with van der Waals surface area (Å²) in [6.45, 7) is 7.59. The second kappa shape index (κ2) is 13.5. The average Bonchev–Trinajstić information content (AvgIpc) is 3.45. The van der Waals surface area contributed by atoms with Gasteiger partial charge >= 0.3 is 5.97 Å². The molecule has 0 N–H and O–H groups in total. The Hall–Kier alpha value is -2.79. The number of esters is 1. The first-order valence-electron chi connectivity index (χ1n) is 15.1. The third-order valence-electron chi connectivity index (χ3n) is 9.08. The van der Waals surface area contributed by atoms with Gasteiger partial charge in [-0.3, -0.25) is 9.58 Å². The Balaban J connectivity index is 1.35. The third-order valence-corrected chi connectivity index (χ3v) is 9.43. The number of rotatable bonds is 9. The zero-order valence-electron chi connectivity index (χ0n) is 24.7. The fourth-order valence-electron chi connectivity index (χ4n) is 6.78. The Kier molecular flexibility index (Phi) is 9.90. The van der Waals surface area contributed by atoms with Crippen LogP contribution in [0.25, 0.3) is 0 Å². The van der Waals surface area contributed by atoms with Crippen LogP contribution in [0.15, 0.2) is 42.2 Å². The number of piperazine rings is 1. The standard InChI is InChI=1S/C31H40ClF4N5O2/c1-3-43-30(42)25-18-37-41(28(25)29(35)36)24-5-4-12-40(19-24)26-17-22(32)10-11-31(26,2)21-6-8-23(9-7-21)39-15-13-38(14-16-39)20-27(33)34/h6-9,17-18,22,24,27,29H,3-5,10-16,19-20H2,1-2H3. The summed E-state index contributed by atoms with van der Waals surface area (Å²) in [4.78, 5) is 18.6. The van der Waals surface area contributed by atoms with Gasteiger partial charge in [-0.25, -0.2) is 22.4 Å². The minimum atomic E-state index is -2.87. The molecule has 43 heavy (non-hydrogen) atoms. The molecule has 0 amide bonds. The van der Waals surface area contributed by atoms with Crippen LogP contribution in [0.4, 0.5) is 23.2 Å². The lowest BCUT2D eigenvalue weighted by atomic mass is 9.71. The van der Waals surface area contributed by atoms with Gasteiger partial charge in [0.1, 0.15) is 11.3 Å². The van der Waals surface area contributed by atoms with Crippen molar-refractivity contribution in [3.05, 3.63) is 59.1 Å². The largest absolute Gasteiger partial charge is 0.462 e. The van der Waals surface area contributed by atoms with E-state index in [2.05, 4.69) is 52.2 Å². The number of hydrogen-bond acceptors (Lipinski definition) is 6. The third kappa shape index (κ3) is 6.82. The van der Waals surface area contributed by atoms with Crippen LogP contribution in [0.1, 0.15) is 73.6 Å². The molecule has 2 aliphatic heterocycles. The lowest BCUT2D eigenvalue weighted by Gasteiger charge is -2.46. The number of piperidine rings is 1. The van der Waals surface area contributed by atoms with Crippen molar-refractivity contribution >= 4 is 23.3 Å². The second-order valence-corrected chi connectivity index (χ2v) is 12.4. The summed E-state index contributed by atoms with van der Waals surface area (Å²) < 4.78 is 60.3. The van der Waals surface area contributed by atoms with Crippen LogP contribution < -0.4 is 4.90 Å². The number of benzene rings is 1. The number of halogens is 5. The highest BCUT2D eigenvalue weighted by molar-refractivity contribution is 6.21. The van der Waals surface area contributed by atoms with Crippen LogP contribution in [0.2, 0.25) is 0 Å². The van der Waals surface area contributed by atoms with Gasteiger partial charge in [-0.05, 0) is 63.3 Å². The normalized spacial score (nSPS) is 25.4. The molecule has 5 rings (SSSR count). The summed E-state index contributed by atoms with van der Waals surface area (Å²) in [7, 11) is 0. The maximum atomic E-state index is 14.2. The molecular formula is C31H40ClF4N5O2. The van der Waals surface area contributed by atoms with E-state index in [1.54, 1.807) is 11.8 Å². The van der Waals surface area contributed by atoms with Crippen molar-refractivity contribution in [3.63, 3.8) is 0 Å². The summed E-state index contributed by atoms with van der Waals surface area (Å²) in [6, 6.07) is 8.13. The van der Waals surface area contributed by atoms with Gasteiger partial charge in [0.2, 0.25) is 0 Å². The number of allylic oxidation sites excluding steroid dienone is 2. The molecule has 1 aromatic heterocycles. The molecule has 2 fully saturated rings. The van der Waals surface area contributed by atoms with E-state index in [1.165, 1.54) is 10.9 Å². The van der Waals surface area contributed by atoms with Crippen LogP contribution in [-0.4, -0.2) is 89.8 Å². The van der Waals surface area contributed by atoms with Gasteiger partial charge in [0, 0.05) is 56.1 Å². The molecule has 236 valence electrons. The molecule has 12 heteroatoms. The minimum absolute atomic E-state index is 0.0924.